The number of thioether (sulfide) groups is 1. The molecule has 0 aliphatic heterocycles. The molecule has 0 fully saturated rings. The second kappa shape index (κ2) is 6.41. The van der Waals surface area contributed by atoms with Gasteiger partial charge in [0.25, 0.3) is 0 Å². The fraction of sp³-hybridized carbons (Fsp3) is 0.308. The van der Waals surface area contributed by atoms with Crippen molar-refractivity contribution >= 4 is 33.7 Å². The van der Waals surface area contributed by atoms with Crippen molar-refractivity contribution in [3.8, 4) is 11.4 Å². The molecule has 1 aromatic carbocycles. The minimum atomic E-state index is -0.863. The van der Waals surface area contributed by atoms with E-state index in [2.05, 4.69) is 26.1 Å². The molecule has 0 saturated carbocycles. The van der Waals surface area contributed by atoms with Crippen molar-refractivity contribution in [2.75, 3.05) is 5.75 Å². The molecule has 20 heavy (non-hydrogen) atoms. The Labute approximate surface area is 129 Å². The topological polar surface area (TPSA) is 68.0 Å². The molecule has 0 bridgehead atoms. The van der Waals surface area contributed by atoms with Gasteiger partial charge in [0.2, 0.25) is 0 Å². The highest BCUT2D eigenvalue weighted by atomic mass is 79.9. The summed E-state index contributed by atoms with van der Waals surface area (Å²) in [6.07, 6.45) is 0. The van der Waals surface area contributed by atoms with Crippen LogP contribution in [0, 0.1) is 0 Å². The fourth-order valence-corrected chi connectivity index (χ4v) is 2.81. The van der Waals surface area contributed by atoms with Gasteiger partial charge in [-0.25, -0.2) is 0 Å². The van der Waals surface area contributed by atoms with Crippen LogP contribution in [0.3, 0.4) is 0 Å². The molecule has 0 aliphatic carbocycles. The number of hydrogen-bond acceptors (Lipinski definition) is 4. The largest absolute Gasteiger partial charge is 0.481 e. The van der Waals surface area contributed by atoms with E-state index in [1.165, 1.54) is 11.8 Å². The lowest BCUT2D eigenvalue weighted by molar-refractivity contribution is -0.133. The van der Waals surface area contributed by atoms with Crippen LogP contribution in [0.25, 0.3) is 11.4 Å². The first-order chi connectivity index (χ1) is 9.49. The lowest BCUT2D eigenvalue weighted by atomic mass is 10.2. The molecule has 7 heteroatoms. The number of benzene rings is 1. The van der Waals surface area contributed by atoms with Crippen LogP contribution >= 0.6 is 27.7 Å². The van der Waals surface area contributed by atoms with Crippen molar-refractivity contribution in [1.29, 1.82) is 0 Å². The van der Waals surface area contributed by atoms with Crippen molar-refractivity contribution in [2.24, 2.45) is 0 Å². The molecule has 0 atom stereocenters. The van der Waals surface area contributed by atoms with Crippen LogP contribution in [-0.4, -0.2) is 31.6 Å². The minimum absolute atomic E-state index is 0.0226. The van der Waals surface area contributed by atoms with E-state index in [9.17, 15) is 4.79 Å². The predicted molar refractivity (Wildman–Crippen MR) is 81.9 cm³/mol. The second-order valence-corrected chi connectivity index (χ2v) is 6.32. The van der Waals surface area contributed by atoms with E-state index in [1.54, 1.807) is 0 Å². The summed E-state index contributed by atoms with van der Waals surface area (Å²) >= 11 is 4.58. The molecule has 0 radical (unpaired) electrons. The highest BCUT2D eigenvalue weighted by Crippen LogP contribution is 2.28. The van der Waals surface area contributed by atoms with E-state index in [1.807, 2.05) is 42.7 Å². The Morgan fingerprint density at radius 2 is 2.00 bits per heavy atom. The van der Waals surface area contributed by atoms with Gasteiger partial charge in [0.15, 0.2) is 11.0 Å². The molecule has 0 saturated heterocycles. The summed E-state index contributed by atoms with van der Waals surface area (Å²) in [4.78, 5) is 10.7. The lowest BCUT2D eigenvalue weighted by Gasteiger charge is -2.13. The van der Waals surface area contributed by atoms with Gasteiger partial charge in [-0.05, 0) is 26.0 Å². The van der Waals surface area contributed by atoms with Gasteiger partial charge in [0, 0.05) is 16.1 Å². The summed E-state index contributed by atoms with van der Waals surface area (Å²) in [5.74, 6) is -0.135. The van der Waals surface area contributed by atoms with Gasteiger partial charge in [-0.15, -0.1) is 10.2 Å². The molecule has 0 amide bonds. The molecule has 1 N–H and O–H groups in total. The number of aliphatic carboxylic acids is 1. The lowest BCUT2D eigenvalue weighted by Crippen LogP contribution is -2.07. The average molecular weight is 356 g/mol. The number of carboxylic acids is 1. The normalized spacial score (nSPS) is 11.0. The van der Waals surface area contributed by atoms with Crippen LogP contribution in [0.1, 0.15) is 19.9 Å². The highest BCUT2D eigenvalue weighted by molar-refractivity contribution is 9.10. The number of rotatable bonds is 5. The van der Waals surface area contributed by atoms with Gasteiger partial charge in [-0.2, -0.15) is 0 Å². The number of carbonyl (C=O) groups is 1. The van der Waals surface area contributed by atoms with E-state index in [0.717, 1.165) is 15.9 Å². The molecule has 1 heterocycles. The standard InChI is InChI=1S/C13H14BrN3O2S/c1-8(2)17-12(9-3-5-10(14)6-4-9)15-16-13(17)20-7-11(18)19/h3-6,8H,7H2,1-2H3,(H,18,19). The Bertz CT molecular complexity index is 611. The maximum Gasteiger partial charge on any atom is 0.313 e. The summed E-state index contributed by atoms with van der Waals surface area (Å²) in [7, 11) is 0. The highest BCUT2D eigenvalue weighted by Gasteiger charge is 2.17. The van der Waals surface area contributed by atoms with Gasteiger partial charge in [-0.1, -0.05) is 39.8 Å². The predicted octanol–water partition coefficient (Wildman–Crippen LogP) is 3.47. The smallest absolute Gasteiger partial charge is 0.313 e. The van der Waals surface area contributed by atoms with E-state index in [-0.39, 0.29) is 11.8 Å². The molecular formula is C13H14BrN3O2S. The van der Waals surface area contributed by atoms with Crippen LogP contribution in [0.5, 0.6) is 0 Å². The van der Waals surface area contributed by atoms with Gasteiger partial charge in [0.05, 0.1) is 5.75 Å². The van der Waals surface area contributed by atoms with Gasteiger partial charge in [0.1, 0.15) is 0 Å². The van der Waals surface area contributed by atoms with Gasteiger partial charge in [-0.3, -0.25) is 9.36 Å². The Morgan fingerprint density at radius 1 is 1.35 bits per heavy atom. The van der Waals surface area contributed by atoms with Crippen LogP contribution in [0.4, 0.5) is 0 Å². The molecule has 106 valence electrons. The van der Waals surface area contributed by atoms with Crippen molar-refractivity contribution < 1.29 is 9.90 Å². The van der Waals surface area contributed by atoms with E-state index in [4.69, 9.17) is 5.11 Å². The average Bonchev–Trinajstić information content (AvgIpc) is 2.81. The first-order valence-corrected chi connectivity index (χ1v) is 7.82. The maximum atomic E-state index is 10.7. The van der Waals surface area contributed by atoms with Crippen molar-refractivity contribution in [3.63, 3.8) is 0 Å². The SMILES string of the molecule is CC(C)n1c(SCC(=O)O)nnc1-c1ccc(Br)cc1. The Morgan fingerprint density at radius 3 is 2.55 bits per heavy atom. The molecule has 0 unspecified atom stereocenters. The molecule has 1 aromatic heterocycles. The number of aromatic nitrogens is 3. The van der Waals surface area contributed by atoms with Gasteiger partial charge >= 0.3 is 5.97 Å². The van der Waals surface area contributed by atoms with Crippen molar-refractivity contribution in [1.82, 2.24) is 14.8 Å². The van der Waals surface area contributed by atoms with Crippen LogP contribution in [0.15, 0.2) is 33.9 Å². The number of halogens is 1. The minimum Gasteiger partial charge on any atom is -0.481 e. The third-order valence-electron chi connectivity index (χ3n) is 2.61. The first-order valence-electron chi connectivity index (χ1n) is 6.04. The van der Waals surface area contributed by atoms with Crippen LogP contribution in [0.2, 0.25) is 0 Å². The monoisotopic (exact) mass is 355 g/mol. The summed E-state index contributed by atoms with van der Waals surface area (Å²) in [5.41, 5.74) is 0.955. The zero-order valence-corrected chi connectivity index (χ0v) is 13.5. The Balaban J connectivity index is 2.38. The third-order valence-corrected chi connectivity index (χ3v) is 4.06. The second-order valence-electron chi connectivity index (χ2n) is 4.46. The number of hydrogen-bond donors (Lipinski definition) is 1. The summed E-state index contributed by atoms with van der Waals surface area (Å²) in [5, 5.41) is 17.7. The quantitative estimate of drug-likeness (QED) is 0.831. The zero-order valence-electron chi connectivity index (χ0n) is 11.1. The maximum absolute atomic E-state index is 10.7. The van der Waals surface area contributed by atoms with Crippen LogP contribution < -0.4 is 0 Å². The Kier molecular flexibility index (Phi) is 4.82. The molecule has 2 rings (SSSR count). The van der Waals surface area contributed by atoms with E-state index in [0.29, 0.717) is 5.16 Å². The molecular weight excluding hydrogens is 342 g/mol. The van der Waals surface area contributed by atoms with Crippen molar-refractivity contribution in [2.45, 2.75) is 25.0 Å². The molecule has 2 aromatic rings. The summed E-state index contributed by atoms with van der Waals surface area (Å²) in [6.45, 7) is 4.05. The number of carboxylic acid groups (broad SMARTS) is 1. The zero-order chi connectivity index (χ0) is 14.7. The number of nitrogens with zero attached hydrogens (tertiary/aromatic N) is 3. The molecule has 0 aliphatic rings. The Hall–Kier alpha value is -1.34. The van der Waals surface area contributed by atoms with Crippen molar-refractivity contribution in [3.05, 3.63) is 28.7 Å². The molecule has 0 spiro atoms. The van der Waals surface area contributed by atoms with Crippen LogP contribution in [-0.2, 0) is 4.79 Å². The first kappa shape index (κ1) is 15.1. The van der Waals surface area contributed by atoms with E-state index >= 15 is 0 Å². The van der Waals surface area contributed by atoms with E-state index < -0.39 is 5.97 Å². The summed E-state index contributed by atoms with van der Waals surface area (Å²) < 4.78 is 2.95. The third kappa shape index (κ3) is 3.40. The fourth-order valence-electron chi connectivity index (χ4n) is 1.76. The van der Waals surface area contributed by atoms with Gasteiger partial charge < -0.3 is 5.11 Å². The molecule has 5 nitrogen and oxygen atoms in total. The summed E-state index contributed by atoms with van der Waals surface area (Å²) in [6, 6.07) is 7.95.